The fourth-order valence-corrected chi connectivity index (χ4v) is 2.87. The van der Waals surface area contributed by atoms with Crippen molar-refractivity contribution >= 4 is 21.9 Å². The zero-order valence-electron chi connectivity index (χ0n) is 11.8. The Morgan fingerprint density at radius 2 is 1.75 bits per heavy atom. The highest BCUT2D eigenvalue weighted by Crippen LogP contribution is 2.34. The number of halogens is 4. The van der Waals surface area contributed by atoms with Gasteiger partial charge in [-0.2, -0.15) is 5.10 Å². The summed E-state index contributed by atoms with van der Waals surface area (Å²) in [6.07, 6.45) is 0. The Kier molecular flexibility index (Phi) is 4.15. The van der Waals surface area contributed by atoms with Crippen LogP contribution in [0.15, 0.2) is 46.9 Å². The Hall–Kier alpha value is -2.61. The van der Waals surface area contributed by atoms with E-state index >= 15 is 0 Å². The van der Waals surface area contributed by atoms with Crippen molar-refractivity contribution in [1.82, 2.24) is 9.78 Å². The molecule has 0 radical (unpaired) electrons. The number of benzene rings is 2. The van der Waals surface area contributed by atoms with Crippen molar-refractivity contribution in [3.05, 3.63) is 70.1 Å². The highest BCUT2D eigenvalue weighted by molar-refractivity contribution is 9.10. The number of hydrogen-bond donors (Lipinski definition) is 1. The van der Waals surface area contributed by atoms with Crippen molar-refractivity contribution in [2.24, 2.45) is 0 Å². The van der Waals surface area contributed by atoms with Crippen LogP contribution in [-0.4, -0.2) is 20.9 Å². The van der Waals surface area contributed by atoms with Crippen molar-refractivity contribution in [2.75, 3.05) is 0 Å². The van der Waals surface area contributed by atoms with Gasteiger partial charge >= 0.3 is 5.97 Å². The standard InChI is InChI=1S/C16H8BrF3N2O2/c17-13-14(16(23)24)21-22(12-4-2-1-3-10(12)19)15(13)8-5-6-9(18)11(20)7-8/h1-7H,(H,23,24). The molecule has 0 saturated carbocycles. The first-order chi connectivity index (χ1) is 11.4. The number of nitrogens with zero attached hydrogens (tertiary/aromatic N) is 2. The second kappa shape index (κ2) is 6.12. The van der Waals surface area contributed by atoms with E-state index in [-0.39, 0.29) is 27.1 Å². The lowest BCUT2D eigenvalue weighted by Crippen LogP contribution is -2.04. The predicted octanol–water partition coefficient (Wildman–Crippen LogP) is 4.42. The number of para-hydroxylation sites is 1. The van der Waals surface area contributed by atoms with Crippen molar-refractivity contribution in [2.45, 2.75) is 0 Å². The molecular weight excluding hydrogens is 389 g/mol. The van der Waals surface area contributed by atoms with Gasteiger partial charge in [-0.1, -0.05) is 12.1 Å². The Bertz CT molecular complexity index is 956. The topological polar surface area (TPSA) is 55.1 Å². The molecule has 0 amide bonds. The molecule has 3 aromatic rings. The number of carbonyl (C=O) groups is 1. The molecule has 8 heteroatoms. The summed E-state index contributed by atoms with van der Waals surface area (Å²) in [5, 5.41) is 13.1. The molecule has 24 heavy (non-hydrogen) atoms. The van der Waals surface area contributed by atoms with Crippen molar-refractivity contribution in [3.8, 4) is 16.9 Å². The molecule has 122 valence electrons. The third-order valence-corrected chi connectivity index (χ3v) is 4.06. The van der Waals surface area contributed by atoms with E-state index in [2.05, 4.69) is 21.0 Å². The Labute approximate surface area is 142 Å². The Balaban J connectivity index is 2.33. The summed E-state index contributed by atoms with van der Waals surface area (Å²) in [6.45, 7) is 0. The van der Waals surface area contributed by atoms with Crippen LogP contribution in [0.4, 0.5) is 13.2 Å². The van der Waals surface area contributed by atoms with Gasteiger partial charge in [-0.25, -0.2) is 22.6 Å². The molecule has 0 aliphatic rings. The normalized spacial score (nSPS) is 10.8. The van der Waals surface area contributed by atoms with E-state index in [1.165, 1.54) is 24.3 Å². The molecule has 0 bridgehead atoms. The van der Waals surface area contributed by atoms with E-state index in [4.69, 9.17) is 0 Å². The van der Waals surface area contributed by atoms with Crippen LogP contribution in [0, 0.1) is 17.5 Å². The summed E-state index contributed by atoms with van der Waals surface area (Å²) in [5.41, 5.74) is -0.163. The third-order valence-electron chi connectivity index (χ3n) is 3.30. The van der Waals surface area contributed by atoms with Crippen LogP contribution >= 0.6 is 15.9 Å². The molecule has 1 aromatic heterocycles. The first kappa shape index (κ1) is 16.3. The van der Waals surface area contributed by atoms with Gasteiger partial charge in [-0.3, -0.25) is 0 Å². The maximum Gasteiger partial charge on any atom is 0.357 e. The highest BCUT2D eigenvalue weighted by atomic mass is 79.9. The minimum absolute atomic E-state index is 0.0227. The van der Waals surface area contributed by atoms with Gasteiger partial charge in [0.2, 0.25) is 0 Å². The van der Waals surface area contributed by atoms with E-state index in [1.807, 2.05) is 0 Å². The van der Waals surface area contributed by atoms with Crippen LogP contribution in [0.2, 0.25) is 0 Å². The molecule has 1 heterocycles. The molecule has 2 aromatic carbocycles. The smallest absolute Gasteiger partial charge is 0.357 e. The lowest BCUT2D eigenvalue weighted by molar-refractivity contribution is 0.0689. The number of rotatable bonds is 3. The molecule has 3 rings (SSSR count). The van der Waals surface area contributed by atoms with E-state index in [9.17, 15) is 23.1 Å². The minimum atomic E-state index is -1.35. The van der Waals surface area contributed by atoms with Gasteiger partial charge in [-0.15, -0.1) is 0 Å². The summed E-state index contributed by atoms with van der Waals surface area (Å²) in [5.74, 6) is -4.16. The number of aromatic nitrogens is 2. The zero-order valence-corrected chi connectivity index (χ0v) is 13.4. The van der Waals surface area contributed by atoms with Crippen LogP contribution in [0.5, 0.6) is 0 Å². The molecular formula is C16H8BrF3N2O2. The average molecular weight is 397 g/mol. The van der Waals surface area contributed by atoms with Crippen LogP contribution < -0.4 is 0 Å². The summed E-state index contributed by atoms with van der Waals surface area (Å²) in [7, 11) is 0. The largest absolute Gasteiger partial charge is 0.476 e. The van der Waals surface area contributed by atoms with Crippen molar-refractivity contribution < 1.29 is 23.1 Å². The Morgan fingerprint density at radius 3 is 2.38 bits per heavy atom. The monoisotopic (exact) mass is 396 g/mol. The van der Waals surface area contributed by atoms with Crippen LogP contribution in [0.3, 0.4) is 0 Å². The molecule has 0 unspecified atom stereocenters. The second-order valence-corrected chi connectivity index (χ2v) is 5.60. The lowest BCUT2D eigenvalue weighted by atomic mass is 10.1. The van der Waals surface area contributed by atoms with Gasteiger partial charge < -0.3 is 5.11 Å². The van der Waals surface area contributed by atoms with E-state index in [1.54, 1.807) is 6.07 Å². The maximum absolute atomic E-state index is 14.1. The molecule has 0 aliphatic carbocycles. The Morgan fingerprint density at radius 1 is 1.04 bits per heavy atom. The molecule has 0 spiro atoms. The fourth-order valence-electron chi connectivity index (χ4n) is 2.23. The average Bonchev–Trinajstić information content (AvgIpc) is 2.88. The van der Waals surface area contributed by atoms with Gasteiger partial charge in [0.05, 0.1) is 10.2 Å². The number of carboxylic acids is 1. The van der Waals surface area contributed by atoms with Gasteiger partial charge in [0.25, 0.3) is 0 Å². The summed E-state index contributed by atoms with van der Waals surface area (Å²) in [6, 6.07) is 8.62. The molecule has 1 N–H and O–H groups in total. The number of aromatic carboxylic acids is 1. The van der Waals surface area contributed by atoms with E-state index in [0.29, 0.717) is 0 Å². The first-order valence-corrected chi connectivity index (χ1v) is 7.41. The van der Waals surface area contributed by atoms with Crippen molar-refractivity contribution in [3.63, 3.8) is 0 Å². The van der Waals surface area contributed by atoms with Crippen LogP contribution in [0.25, 0.3) is 16.9 Å². The maximum atomic E-state index is 14.1. The predicted molar refractivity (Wildman–Crippen MR) is 83.5 cm³/mol. The van der Waals surface area contributed by atoms with Gasteiger partial charge in [0.15, 0.2) is 17.3 Å². The van der Waals surface area contributed by atoms with Gasteiger partial charge in [-0.05, 0) is 46.3 Å². The second-order valence-electron chi connectivity index (χ2n) is 4.81. The molecule has 0 aliphatic heterocycles. The molecule has 0 atom stereocenters. The summed E-state index contributed by atoms with van der Waals surface area (Å²) < 4.78 is 41.9. The fraction of sp³-hybridized carbons (Fsp3) is 0. The minimum Gasteiger partial charge on any atom is -0.476 e. The number of carboxylic acid groups (broad SMARTS) is 1. The molecule has 0 fully saturated rings. The van der Waals surface area contributed by atoms with Gasteiger partial charge in [0, 0.05) is 5.56 Å². The highest BCUT2D eigenvalue weighted by Gasteiger charge is 2.24. The summed E-state index contributed by atoms with van der Waals surface area (Å²) in [4.78, 5) is 11.3. The first-order valence-electron chi connectivity index (χ1n) is 6.62. The lowest BCUT2D eigenvalue weighted by Gasteiger charge is -2.09. The van der Waals surface area contributed by atoms with E-state index in [0.717, 1.165) is 16.8 Å². The number of hydrogen-bond acceptors (Lipinski definition) is 2. The zero-order chi connectivity index (χ0) is 17.4. The van der Waals surface area contributed by atoms with Crippen molar-refractivity contribution in [1.29, 1.82) is 0 Å². The van der Waals surface area contributed by atoms with Crippen LogP contribution in [0.1, 0.15) is 10.5 Å². The third kappa shape index (κ3) is 2.69. The SMILES string of the molecule is O=C(O)c1nn(-c2ccccc2F)c(-c2ccc(F)c(F)c2)c1Br. The van der Waals surface area contributed by atoms with Crippen LogP contribution in [-0.2, 0) is 0 Å². The quantitative estimate of drug-likeness (QED) is 0.712. The van der Waals surface area contributed by atoms with E-state index < -0.39 is 23.4 Å². The molecule has 4 nitrogen and oxygen atoms in total. The van der Waals surface area contributed by atoms with Gasteiger partial charge in [0.1, 0.15) is 11.5 Å². The molecule has 0 saturated heterocycles. The summed E-state index contributed by atoms with van der Waals surface area (Å²) >= 11 is 3.10.